The van der Waals surface area contributed by atoms with E-state index in [0.29, 0.717) is 5.69 Å². The molecule has 2 N–H and O–H groups in total. The van der Waals surface area contributed by atoms with E-state index in [1.807, 2.05) is 31.2 Å². The van der Waals surface area contributed by atoms with E-state index >= 15 is 0 Å². The second kappa shape index (κ2) is 5.01. The number of nitrogens with zero attached hydrogens (tertiary/aromatic N) is 1. The second-order valence-corrected chi connectivity index (χ2v) is 3.94. The van der Waals surface area contributed by atoms with Crippen molar-refractivity contribution in [3.05, 3.63) is 41.6 Å². The summed E-state index contributed by atoms with van der Waals surface area (Å²) in [7, 11) is 1.63. The van der Waals surface area contributed by atoms with Gasteiger partial charge in [0, 0.05) is 12.7 Å². The number of carbonyl (C=O) groups is 1. The Hall–Kier alpha value is -2.14. The molecule has 0 aliphatic heterocycles. The number of aromatic nitrogens is 2. The van der Waals surface area contributed by atoms with Crippen molar-refractivity contribution in [3.8, 4) is 11.3 Å². The third kappa shape index (κ3) is 2.26. The van der Waals surface area contributed by atoms with Gasteiger partial charge >= 0.3 is 5.97 Å². The average Bonchev–Trinajstić information content (AvgIpc) is 2.87. The summed E-state index contributed by atoms with van der Waals surface area (Å²) in [6, 6.07) is 9.16. The minimum absolute atomic E-state index is 0.0740. The van der Waals surface area contributed by atoms with Crippen molar-refractivity contribution in [2.24, 2.45) is 0 Å². The van der Waals surface area contributed by atoms with Crippen molar-refractivity contribution < 1.29 is 14.6 Å². The maximum absolute atomic E-state index is 10.8. The minimum atomic E-state index is -1.02. The van der Waals surface area contributed by atoms with Crippen LogP contribution in [0.2, 0.25) is 0 Å². The van der Waals surface area contributed by atoms with Crippen LogP contribution in [0.15, 0.2) is 30.3 Å². The molecule has 0 aliphatic rings. The van der Waals surface area contributed by atoms with Crippen LogP contribution < -0.4 is 0 Å². The van der Waals surface area contributed by atoms with Gasteiger partial charge in [-0.05, 0) is 18.6 Å². The number of benzene rings is 1. The van der Waals surface area contributed by atoms with Crippen molar-refractivity contribution in [1.82, 2.24) is 10.2 Å². The molecule has 0 saturated heterocycles. The molecule has 2 aromatic rings. The topological polar surface area (TPSA) is 75.2 Å². The van der Waals surface area contributed by atoms with E-state index in [9.17, 15) is 4.79 Å². The van der Waals surface area contributed by atoms with Crippen LogP contribution >= 0.6 is 0 Å². The summed E-state index contributed by atoms with van der Waals surface area (Å²) in [5.74, 6) is -1.02. The summed E-state index contributed by atoms with van der Waals surface area (Å²) in [6.45, 7) is 1.93. The van der Waals surface area contributed by atoms with E-state index in [2.05, 4.69) is 10.2 Å². The number of carboxylic acid groups (broad SMARTS) is 1. The SMILES string of the molecule is COC(C)c1ccccc1-c1cc(C(=O)O)[nH]n1. The van der Waals surface area contributed by atoms with Gasteiger partial charge in [-0.25, -0.2) is 4.79 Å². The number of rotatable bonds is 4. The number of ether oxygens (including phenoxy) is 1. The normalized spacial score (nSPS) is 12.3. The Morgan fingerprint density at radius 2 is 2.17 bits per heavy atom. The molecular formula is C13H14N2O3. The molecule has 94 valence electrons. The Bertz CT molecular complexity index is 563. The van der Waals surface area contributed by atoms with E-state index < -0.39 is 5.97 Å². The molecule has 0 aliphatic carbocycles. The lowest BCUT2D eigenvalue weighted by atomic mass is 10.0. The molecule has 1 unspecified atom stereocenters. The van der Waals surface area contributed by atoms with E-state index in [0.717, 1.165) is 11.1 Å². The summed E-state index contributed by atoms with van der Waals surface area (Å²) in [5.41, 5.74) is 2.52. The Morgan fingerprint density at radius 3 is 2.78 bits per heavy atom. The molecule has 0 bridgehead atoms. The van der Waals surface area contributed by atoms with Gasteiger partial charge in [-0.15, -0.1) is 0 Å². The smallest absolute Gasteiger partial charge is 0.353 e. The number of carboxylic acids is 1. The van der Waals surface area contributed by atoms with Crippen LogP contribution in [-0.4, -0.2) is 28.4 Å². The van der Waals surface area contributed by atoms with Gasteiger partial charge in [0.25, 0.3) is 0 Å². The van der Waals surface area contributed by atoms with E-state index in [1.54, 1.807) is 7.11 Å². The van der Waals surface area contributed by atoms with E-state index in [4.69, 9.17) is 9.84 Å². The van der Waals surface area contributed by atoms with Crippen molar-refractivity contribution in [2.45, 2.75) is 13.0 Å². The van der Waals surface area contributed by atoms with Crippen LogP contribution in [0.25, 0.3) is 11.3 Å². The van der Waals surface area contributed by atoms with Crippen molar-refractivity contribution in [1.29, 1.82) is 0 Å². The molecule has 1 aromatic carbocycles. The predicted molar refractivity (Wildman–Crippen MR) is 66.4 cm³/mol. The third-order valence-corrected chi connectivity index (χ3v) is 2.84. The minimum Gasteiger partial charge on any atom is -0.477 e. The number of methoxy groups -OCH3 is 1. The fourth-order valence-corrected chi connectivity index (χ4v) is 1.78. The van der Waals surface area contributed by atoms with Crippen LogP contribution in [0, 0.1) is 0 Å². The van der Waals surface area contributed by atoms with E-state index in [-0.39, 0.29) is 11.8 Å². The van der Waals surface area contributed by atoms with Crippen LogP contribution in [0.1, 0.15) is 29.1 Å². The first kappa shape index (κ1) is 12.3. The highest BCUT2D eigenvalue weighted by Gasteiger charge is 2.15. The molecule has 0 saturated carbocycles. The standard InChI is InChI=1S/C13H14N2O3/c1-8(18-2)9-5-3-4-6-10(9)11-7-12(13(16)17)15-14-11/h3-8H,1-2H3,(H,14,15)(H,16,17). The molecule has 2 rings (SSSR count). The molecule has 0 amide bonds. The van der Waals surface area contributed by atoms with Gasteiger partial charge in [0.2, 0.25) is 0 Å². The quantitative estimate of drug-likeness (QED) is 0.869. The molecule has 1 aromatic heterocycles. The first-order valence-corrected chi connectivity index (χ1v) is 5.54. The van der Waals surface area contributed by atoms with Crippen molar-refractivity contribution >= 4 is 5.97 Å². The predicted octanol–water partition coefficient (Wildman–Crippen LogP) is 2.48. The zero-order valence-electron chi connectivity index (χ0n) is 10.2. The summed E-state index contributed by atoms with van der Waals surface area (Å²) in [6.07, 6.45) is -0.0776. The van der Waals surface area contributed by atoms with E-state index in [1.165, 1.54) is 6.07 Å². The first-order chi connectivity index (χ1) is 8.63. The number of nitrogens with one attached hydrogen (secondary N) is 1. The summed E-state index contributed by atoms with van der Waals surface area (Å²) in [5, 5.41) is 15.4. The Balaban J connectivity index is 2.46. The number of aromatic amines is 1. The molecular weight excluding hydrogens is 232 g/mol. The van der Waals surface area contributed by atoms with Crippen LogP contribution in [0.3, 0.4) is 0 Å². The Kier molecular flexibility index (Phi) is 3.43. The highest BCUT2D eigenvalue weighted by atomic mass is 16.5. The number of aromatic carboxylic acids is 1. The van der Waals surface area contributed by atoms with Gasteiger partial charge in [-0.1, -0.05) is 24.3 Å². The number of hydrogen-bond acceptors (Lipinski definition) is 3. The Morgan fingerprint density at radius 1 is 1.44 bits per heavy atom. The molecule has 0 fully saturated rings. The van der Waals surface area contributed by atoms with Gasteiger partial charge in [0.1, 0.15) is 5.69 Å². The van der Waals surface area contributed by atoms with Crippen LogP contribution in [0.5, 0.6) is 0 Å². The van der Waals surface area contributed by atoms with Crippen molar-refractivity contribution in [2.75, 3.05) is 7.11 Å². The maximum Gasteiger partial charge on any atom is 0.353 e. The Labute approximate surface area is 104 Å². The van der Waals surface area contributed by atoms with Crippen LogP contribution in [0.4, 0.5) is 0 Å². The van der Waals surface area contributed by atoms with Gasteiger partial charge in [0.05, 0.1) is 11.8 Å². The molecule has 18 heavy (non-hydrogen) atoms. The van der Waals surface area contributed by atoms with Crippen LogP contribution in [-0.2, 0) is 4.74 Å². The molecule has 0 spiro atoms. The molecule has 1 atom stereocenters. The highest BCUT2D eigenvalue weighted by molar-refractivity contribution is 5.87. The lowest BCUT2D eigenvalue weighted by Crippen LogP contribution is -1.98. The van der Waals surface area contributed by atoms with Crippen molar-refractivity contribution in [3.63, 3.8) is 0 Å². The van der Waals surface area contributed by atoms with Gasteiger partial charge < -0.3 is 9.84 Å². The average molecular weight is 246 g/mol. The molecule has 5 nitrogen and oxygen atoms in total. The summed E-state index contributed by atoms with van der Waals surface area (Å²) < 4.78 is 5.30. The molecule has 5 heteroatoms. The van der Waals surface area contributed by atoms with Gasteiger partial charge in [-0.2, -0.15) is 5.10 Å². The molecule has 0 radical (unpaired) electrons. The second-order valence-electron chi connectivity index (χ2n) is 3.94. The largest absolute Gasteiger partial charge is 0.477 e. The van der Waals surface area contributed by atoms with Gasteiger partial charge in [0.15, 0.2) is 0 Å². The summed E-state index contributed by atoms with van der Waals surface area (Å²) >= 11 is 0. The number of hydrogen-bond donors (Lipinski definition) is 2. The first-order valence-electron chi connectivity index (χ1n) is 5.54. The fourth-order valence-electron chi connectivity index (χ4n) is 1.78. The monoisotopic (exact) mass is 246 g/mol. The lowest BCUT2D eigenvalue weighted by molar-refractivity contribution is 0.0690. The number of H-pyrrole nitrogens is 1. The zero-order chi connectivity index (χ0) is 13.1. The zero-order valence-corrected chi connectivity index (χ0v) is 10.2. The maximum atomic E-state index is 10.8. The summed E-state index contributed by atoms with van der Waals surface area (Å²) in [4.78, 5) is 10.8. The third-order valence-electron chi connectivity index (χ3n) is 2.84. The molecule has 1 heterocycles. The highest BCUT2D eigenvalue weighted by Crippen LogP contribution is 2.28. The van der Waals surface area contributed by atoms with Gasteiger partial charge in [-0.3, -0.25) is 5.10 Å². The lowest BCUT2D eigenvalue weighted by Gasteiger charge is -2.13. The fraction of sp³-hybridized carbons (Fsp3) is 0.231.